The SMILES string of the molecule is CCCOc1ccccc1[C@H]1C(C(=O)OCC(C)C)=C(C)N=C2C[C@H](c3ccc(Cl)cc3)CC(=O)C21. The van der Waals surface area contributed by atoms with Crippen LogP contribution in [0.3, 0.4) is 0 Å². The quantitative estimate of drug-likeness (QED) is 0.364. The van der Waals surface area contributed by atoms with E-state index in [-0.39, 0.29) is 17.6 Å². The number of fused-ring (bicyclic) bond motifs is 1. The lowest BCUT2D eigenvalue weighted by molar-refractivity contribution is -0.140. The van der Waals surface area contributed by atoms with Crippen LogP contribution in [0.25, 0.3) is 0 Å². The first kappa shape index (κ1) is 26.2. The Bertz CT molecular complexity index is 1180. The van der Waals surface area contributed by atoms with E-state index in [1.54, 1.807) is 0 Å². The molecule has 190 valence electrons. The second kappa shape index (κ2) is 11.4. The summed E-state index contributed by atoms with van der Waals surface area (Å²) in [6.45, 7) is 8.75. The largest absolute Gasteiger partial charge is 0.493 e. The summed E-state index contributed by atoms with van der Waals surface area (Å²) in [4.78, 5) is 32.1. The van der Waals surface area contributed by atoms with Crippen molar-refractivity contribution < 1.29 is 19.1 Å². The van der Waals surface area contributed by atoms with Gasteiger partial charge in [-0.1, -0.05) is 62.7 Å². The zero-order chi connectivity index (χ0) is 25.8. The van der Waals surface area contributed by atoms with Crippen LogP contribution < -0.4 is 4.74 Å². The monoisotopic (exact) mass is 507 g/mol. The van der Waals surface area contributed by atoms with Gasteiger partial charge in [-0.2, -0.15) is 0 Å². The summed E-state index contributed by atoms with van der Waals surface area (Å²) in [7, 11) is 0. The summed E-state index contributed by atoms with van der Waals surface area (Å²) >= 11 is 6.09. The van der Waals surface area contributed by atoms with Gasteiger partial charge in [0, 0.05) is 34.3 Å². The molecule has 0 amide bonds. The van der Waals surface area contributed by atoms with E-state index < -0.39 is 17.8 Å². The zero-order valence-electron chi connectivity index (χ0n) is 21.4. The van der Waals surface area contributed by atoms with Crippen LogP contribution in [-0.2, 0) is 14.3 Å². The minimum absolute atomic E-state index is 0.0271. The molecule has 1 aliphatic carbocycles. The molecule has 6 heteroatoms. The smallest absolute Gasteiger partial charge is 0.336 e. The van der Waals surface area contributed by atoms with Crippen LogP contribution in [0.15, 0.2) is 64.8 Å². The molecule has 1 heterocycles. The summed E-state index contributed by atoms with van der Waals surface area (Å²) in [5, 5.41) is 0.667. The van der Waals surface area contributed by atoms with Crippen LogP contribution in [0.4, 0.5) is 0 Å². The number of esters is 1. The number of ether oxygens (including phenoxy) is 2. The first-order valence-electron chi connectivity index (χ1n) is 12.7. The van der Waals surface area contributed by atoms with E-state index in [4.69, 9.17) is 26.1 Å². The molecule has 0 N–H and O–H groups in total. The van der Waals surface area contributed by atoms with Crippen molar-refractivity contribution in [2.45, 2.75) is 58.8 Å². The minimum atomic E-state index is -0.523. The highest BCUT2D eigenvalue weighted by molar-refractivity contribution is 6.30. The number of para-hydroxylation sites is 1. The van der Waals surface area contributed by atoms with Crippen LogP contribution in [0.5, 0.6) is 5.75 Å². The predicted molar refractivity (Wildman–Crippen MR) is 143 cm³/mol. The highest BCUT2D eigenvalue weighted by Crippen LogP contribution is 2.48. The summed E-state index contributed by atoms with van der Waals surface area (Å²) in [5.41, 5.74) is 3.78. The van der Waals surface area contributed by atoms with E-state index in [9.17, 15) is 9.59 Å². The lowest BCUT2D eigenvalue weighted by Gasteiger charge is -2.38. The second-order valence-corrected chi connectivity index (χ2v) is 10.5. The Morgan fingerprint density at radius 1 is 1.08 bits per heavy atom. The van der Waals surface area contributed by atoms with E-state index in [0.717, 1.165) is 23.3 Å². The third-order valence-corrected chi connectivity index (χ3v) is 7.03. The van der Waals surface area contributed by atoms with Crippen molar-refractivity contribution in [1.82, 2.24) is 0 Å². The fourth-order valence-electron chi connectivity index (χ4n) is 5.15. The lowest BCUT2D eigenvalue weighted by Crippen LogP contribution is -2.41. The summed E-state index contributed by atoms with van der Waals surface area (Å²) in [6.07, 6.45) is 1.89. The number of aliphatic imine (C=N–C) groups is 1. The van der Waals surface area contributed by atoms with Crippen LogP contribution >= 0.6 is 11.6 Å². The number of hydrogen-bond acceptors (Lipinski definition) is 5. The predicted octanol–water partition coefficient (Wildman–Crippen LogP) is 6.90. The molecule has 5 nitrogen and oxygen atoms in total. The normalized spacial score (nSPS) is 21.8. The Kier molecular flexibility index (Phi) is 8.30. The third-order valence-electron chi connectivity index (χ3n) is 6.78. The molecule has 1 fully saturated rings. The zero-order valence-corrected chi connectivity index (χ0v) is 22.2. The van der Waals surface area contributed by atoms with Crippen molar-refractivity contribution in [1.29, 1.82) is 0 Å². The minimum Gasteiger partial charge on any atom is -0.493 e. The molecule has 2 aromatic carbocycles. The average Bonchev–Trinajstić information content (AvgIpc) is 2.85. The summed E-state index contributed by atoms with van der Waals surface area (Å²) in [5.74, 6) is -0.426. The third kappa shape index (κ3) is 5.57. The number of hydrogen-bond donors (Lipinski definition) is 0. The first-order chi connectivity index (χ1) is 17.3. The van der Waals surface area contributed by atoms with Gasteiger partial charge in [0.2, 0.25) is 0 Å². The number of benzene rings is 2. The van der Waals surface area contributed by atoms with Gasteiger partial charge in [0.15, 0.2) is 0 Å². The number of allylic oxidation sites excluding steroid dienone is 1. The van der Waals surface area contributed by atoms with Gasteiger partial charge in [0.1, 0.15) is 11.5 Å². The summed E-state index contributed by atoms with van der Waals surface area (Å²) < 4.78 is 11.8. The Morgan fingerprint density at radius 2 is 1.81 bits per heavy atom. The van der Waals surface area contributed by atoms with Crippen LogP contribution in [0.1, 0.15) is 69.9 Å². The Hall–Kier alpha value is -2.92. The van der Waals surface area contributed by atoms with Crippen molar-refractivity contribution in [3.8, 4) is 5.75 Å². The molecule has 2 aromatic rings. The molecule has 1 unspecified atom stereocenters. The van der Waals surface area contributed by atoms with Crippen LogP contribution in [-0.4, -0.2) is 30.7 Å². The molecule has 3 atom stereocenters. The fraction of sp³-hybridized carbons (Fsp3) is 0.433. The number of ketones is 1. The maximum atomic E-state index is 13.8. The van der Waals surface area contributed by atoms with Gasteiger partial charge in [0.05, 0.1) is 24.7 Å². The molecule has 1 aliphatic heterocycles. The molecule has 0 saturated heterocycles. The highest BCUT2D eigenvalue weighted by atomic mass is 35.5. The van der Waals surface area contributed by atoms with Gasteiger partial charge in [-0.3, -0.25) is 9.79 Å². The average molecular weight is 508 g/mol. The number of nitrogens with zero attached hydrogens (tertiary/aromatic N) is 1. The topological polar surface area (TPSA) is 65.0 Å². The van der Waals surface area contributed by atoms with Crippen LogP contribution in [0, 0.1) is 11.8 Å². The molecule has 1 saturated carbocycles. The van der Waals surface area contributed by atoms with E-state index in [2.05, 4.69) is 0 Å². The molecule has 0 radical (unpaired) electrons. The van der Waals surface area contributed by atoms with Crippen molar-refractivity contribution in [2.75, 3.05) is 13.2 Å². The molecule has 0 bridgehead atoms. The van der Waals surface area contributed by atoms with Crippen LogP contribution in [0.2, 0.25) is 5.02 Å². The molecule has 2 aliphatic rings. The van der Waals surface area contributed by atoms with Gasteiger partial charge in [-0.25, -0.2) is 4.79 Å². The van der Waals surface area contributed by atoms with E-state index in [0.29, 0.717) is 48.1 Å². The molecular weight excluding hydrogens is 474 g/mol. The molecule has 36 heavy (non-hydrogen) atoms. The van der Waals surface area contributed by atoms with E-state index in [1.807, 2.05) is 76.2 Å². The Labute approximate surface area is 218 Å². The maximum absolute atomic E-state index is 13.8. The molecule has 0 aromatic heterocycles. The standard InChI is InChI=1S/C30H34ClNO4/c1-5-14-35-26-9-7-6-8-23(26)28-27(30(34)36-17-18(2)3)19(4)32-24-15-21(16-25(33)29(24)28)20-10-12-22(31)13-11-20/h6-13,18,21,28-29H,5,14-17H2,1-4H3/t21-,28-,29?/m0/s1. The highest BCUT2D eigenvalue weighted by Gasteiger charge is 2.47. The van der Waals surface area contributed by atoms with Crippen molar-refractivity contribution in [2.24, 2.45) is 16.8 Å². The van der Waals surface area contributed by atoms with E-state index >= 15 is 0 Å². The van der Waals surface area contributed by atoms with Gasteiger partial charge in [0.25, 0.3) is 0 Å². The van der Waals surface area contributed by atoms with Crippen molar-refractivity contribution >= 4 is 29.1 Å². The number of halogens is 1. The van der Waals surface area contributed by atoms with Gasteiger partial charge < -0.3 is 9.47 Å². The number of Topliss-reactive ketones (excluding diaryl/α,β-unsaturated/α-hetero) is 1. The van der Waals surface area contributed by atoms with Gasteiger partial charge >= 0.3 is 5.97 Å². The lowest BCUT2D eigenvalue weighted by atomic mass is 9.66. The van der Waals surface area contributed by atoms with E-state index in [1.165, 1.54) is 0 Å². The summed E-state index contributed by atoms with van der Waals surface area (Å²) in [6, 6.07) is 15.4. The molecular formula is C30H34ClNO4. The fourth-order valence-corrected chi connectivity index (χ4v) is 5.28. The van der Waals surface area contributed by atoms with Crippen molar-refractivity contribution in [3.63, 3.8) is 0 Å². The first-order valence-corrected chi connectivity index (χ1v) is 13.1. The Balaban J connectivity index is 1.78. The molecule has 0 spiro atoms. The number of carbonyl (C=O) groups excluding carboxylic acids is 2. The number of carbonyl (C=O) groups is 2. The second-order valence-electron chi connectivity index (χ2n) is 10.1. The maximum Gasteiger partial charge on any atom is 0.336 e. The molecule has 4 rings (SSSR count). The Morgan fingerprint density at radius 3 is 2.50 bits per heavy atom. The number of rotatable bonds is 8. The van der Waals surface area contributed by atoms with Gasteiger partial charge in [-0.15, -0.1) is 0 Å². The van der Waals surface area contributed by atoms with Crippen molar-refractivity contribution in [3.05, 3.63) is 76.0 Å². The van der Waals surface area contributed by atoms with Gasteiger partial charge in [-0.05, 0) is 55.4 Å².